The first-order chi connectivity index (χ1) is 7.63. The molecule has 1 aromatic rings. The van der Waals surface area contributed by atoms with E-state index >= 15 is 0 Å². The quantitative estimate of drug-likeness (QED) is 0.722. The van der Waals surface area contributed by atoms with Crippen LogP contribution in [0, 0.1) is 5.92 Å². The Morgan fingerprint density at radius 2 is 1.88 bits per heavy atom. The Morgan fingerprint density at radius 3 is 2.38 bits per heavy atom. The number of halogens is 1. The lowest BCUT2D eigenvalue weighted by atomic mass is 10.2. The highest BCUT2D eigenvalue weighted by molar-refractivity contribution is 7.86. The lowest BCUT2D eigenvalue weighted by Crippen LogP contribution is -2.02. The third-order valence-electron chi connectivity index (χ3n) is 2.18. The van der Waals surface area contributed by atoms with Gasteiger partial charge in [0, 0.05) is 5.30 Å². The van der Waals surface area contributed by atoms with E-state index in [1.54, 1.807) is 7.11 Å². The Kier molecular flexibility index (Phi) is 6.12. The normalized spacial score (nSPS) is 12.8. The first-order valence-electron chi connectivity index (χ1n) is 5.36. The summed E-state index contributed by atoms with van der Waals surface area (Å²) >= 11 is 6.19. The molecule has 1 unspecified atom stereocenters. The smallest absolute Gasteiger partial charge is 0.157 e. The van der Waals surface area contributed by atoms with Gasteiger partial charge in [0.15, 0.2) is 7.50 Å². The molecular weight excluding hydrogens is 243 g/mol. The van der Waals surface area contributed by atoms with Crippen LogP contribution in [0.1, 0.15) is 20.3 Å². The molecule has 0 heterocycles. The minimum atomic E-state index is -1.01. The maximum atomic E-state index is 6.19. The Labute approximate surface area is 104 Å². The van der Waals surface area contributed by atoms with E-state index in [4.69, 9.17) is 20.5 Å². The van der Waals surface area contributed by atoms with Crippen molar-refractivity contribution in [2.45, 2.75) is 20.3 Å². The van der Waals surface area contributed by atoms with Crippen molar-refractivity contribution in [2.75, 3.05) is 13.7 Å². The number of hydrogen-bond donors (Lipinski definition) is 0. The van der Waals surface area contributed by atoms with Crippen LogP contribution in [-0.4, -0.2) is 13.7 Å². The monoisotopic (exact) mass is 260 g/mol. The molecule has 0 aliphatic rings. The van der Waals surface area contributed by atoms with Gasteiger partial charge in [0.25, 0.3) is 0 Å². The van der Waals surface area contributed by atoms with Crippen LogP contribution in [0.2, 0.25) is 0 Å². The van der Waals surface area contributed by atoms with Crippen LogP contribution in [0.25, 0.3) is 0 Å². The molecule has 0 saturated heterocycles. The van der Waals surface area contributed by atoms with E-state index in [1.807, 2.05) is 24.3 Å². The number of rotatable bonds is 6. The van der Waals surface area contributed by atoms with Gasteiger partial charge in [-0.3, -0.25) is 0 Å². The van der Waals surface area contributed by atoms with Crippen molar-refractivity contribution < 1.29 is 9.26 Å². The molecule has 2 nitrogen and oxygen atoms in total. The Bertz CT molecular complexity index is 300. The number of benzene rings is 1. The van der Waals surface area contributed by atoms with Crippen molar-refractivity contribution in [1.29, 1.82) is 0 Å². The van der Waals surface area contributed by atoms with Crippen LogP contribution >= 0.6 is 18.7 Å². The Balaban J connectivity index is 2.43. The van der Waals surface area contributed by atoms with E-state index in [0.717, 1.165) is 24.1 Å². The molecule has 0 bridgehead atoms. The summed E-state index contributed by atoms with van der Waals surface area (Å²) in [6.07, 6.45) is 1.04. The van der Waals surface area contributed by atoms with E-state index in [1.165, 1.54) is 0 Å². The molecule has 0 saturated carbocycles. The number of ether oxygens (including phenoxy) is 1. The third kappa shape index (κ3) is 4.69. The van der Waals surface area contributed by atoms with Crippen molar-refractivity contribution >= 4 is 24.0 Å². The molecular formula is C12H18ClO2P. The lowest BCUT2D eigenvalue weighted by Gasteiger charge is -2.12. The molecule has 16 heavy (non-hydrogen) atoms. The fourth-order valence-corrected chi connectivity index (χ4v) is 2.49. The first kappa shape index (κ1) is 13.8. The van der Waals surface area contributed by atoms with E-state index in [9.17, 15) is 0 Å². The lowest BCUT2D eigenvalue weighted by molar-refractivity contribution is 0.326. The van der Waals surface area contributed by atoms with Crippen molar-refractivity contribution in [3.05, 3.63) is 24.3 Å². The molecule has 0 aliphatic heterocycles. The average Bonchev–Trinajstić information content (AvgIpc) is 2.28. The van der Waals surface area contributed by atoms with Crippen LogP contribution < -0.4 is 10.0 Å². The van der Waals surface area contributed by atoms with E-state index in [0.29, 0.717) is 5.92 Å². The van der Waals surface area contributed by atoms with Gasteiger partial charge in [-0.05, 0) is 36.6 Å². The molecule has 1 rings (SSSR count). The molecule has 1 atom stereocenters. The summed E-state index contributed by atoms with van der Waals surface area (Å²) in [5, 5.41) is 1.03. The highest BCUT2D eigenvalue weighted by atomic mass is 35.7. The minimum absolute atomic E-state index is 0.649. The number of hydrogen-bond acceptors (Lipinski definition) is 2. The fraction of sp³-hybridized carbons (Fsp3) is 0.500. The summed E-state index contributed by atoms with van der Waals surface area (Å²) in [4.78, 5) is 0. The van der Waals surface area contributed by atoms with Gasteiger partial charge in [-0.15, -0.1) is 0 Å². The molecule has 0 radical (unpaired) electrons. The maximum Gasteiger partial charge on any atom is 0.157 e. The second-order valence-electron chi connectivity index (χ2n) is 3.96. The van der Waals surface area contributed by atoms with Crippen LogP contribution in [0.5, 0.6) is 5.75 Å². The number of methoxy groups -OCH3 is 1. The van der Waals surface area contributed by atoms with Gasteiger partial charge in [-0.25, -0.2) is 0 Å². The summed E-state index contributed by atoms with van der Waals surface area (Å²) < 4.78 is 10.7. The highest BCUT2D eigenvalue weighted by Crippen LogP contribution is 2.41. The van der Waals surface area contributed by atoms with Gasteiger partial charge in [-0.1, -0.05) is 25.1 Å². The topological polar surface area (TPSA) is 18.5 Å². The molecule has 0 spiro atoms. The standard InChI is InChI=1S/C12H18ClO2P/c1-10(2)8-9-15-16(13)12-6-4-11(14-3)5-7-12/h4-7,10H,8-9H2,1-3H3. The van der Waals surface area contributed by atoms with Crippen LogP contribution in [0.15, 0.2) is 24.3 Å². The van der Waals surface area contributed by atoms with Crippen molar-refractivity contribution in [2.24, 2.45) is 5.92 Å². The first-order valence-corrected chi connectivity index (χ1v) is 7.53. The van der Waals surface area contributed by atoms with Crippen LogP contribution in [-0.2, 0) is 4.52 Å². The SMILES string of the molecule is COc1ccc(P(Cl)OCCC(C)C)cc1. The second-order valence-corrected chi connectivity index (χ2v) is 6.14. The van der Waals surface area contributed by atoms with E-state index in [-0.39, 0.29) is 0 Å². The average molecular weight is 261 g/mol. The summed E-state index contributed by atoms with van der Waals surface area (Å²) in [7, 11) is 0.643. The van der Waals surface area contributed by atoms with Crippen molar-refractivity contribution in [1.82, 2.24) is 0 Å². The van der Waals surface area contributed by atoms with E-state index in [2.05, 4.69) is 13.8 Å². The Hall–Kier alpha value is -0.300. The zero-order chi connectivity index (χ0) is 12.0. The third-order valence-corrected chi connectivity index (χ3v) is 4.17. The fourth-order valence-electron chi connectivity index (χ4n) is 1.14. The molecule has 1 aromatic carbocycles. The van der Waals surface area contributed by atoms with Gasteiger partial charge < -0.3 is 9.26 Å². The molecule has 0 fully saturated rings. The zero-order valence-corrected chi connectivity index (χ0v) is 11.6. The Morgan fingerprint density at radius 1 is 1.25 bits per heavy atom. The van der Waals surface area contributed by atoms with Crippen molar-refractivity contribution in [3.63, 3.8) is 0 Å². The molecule has 4 heteroatoms. The van der Waals surface area contributed by atoms with Gasteiger partial charge >= 0.3 is 0 Å². The minimum Gasteiger partial charge on any atom is -0.497 e. The highest BCUT2D eigenvalue weighted by Gasteiger charge is 2.09. The van der Waals surface area contributed by atoms with Crippen molar-refractivity contribution in [3.8, 4) is 5.75 Å². The predicted octanol–water partition coefficient (Wildman–Crippen LogP) is 3.93. The molecule has 0 aliphatic carbocycles. The molecule has 90 valence electrons. The summed E-state index contributed by atoms with van der Waals surface area (Å²) in [6.45, 7) is 5.07. The predicted molar refractivity (Wildman–Crippen MR) is 70.8 cm³/mol. The molecule has 0 N–H and O–H groups in total. The van der Waals surface area contributed by atoms with Gasteiger partial charge in [-0.2, -0.15) is 0 Å². The summed E-state index contributed by atoms with van der Waals surface area (Å²) in [6, 6.07) is 7.71. The van der Waals surface area contributed by atoms with Crippen LogP contribution in [0.4, 0.5) is 0 Å². The van der Waals surface area contributed by atoms with Gasteiger partial charge in [0.05, 0.1) is 13.7 Å². The van der Waals surface area contributed by atoms with E-state index < -0.39 is 7.50 Å². The zero-order valence-electron chi connectivity index (χ0n) is 9.94. The summed E-state index contributed by atoms with van der Waals surface area (Å²) in [5.74, 6) is 1.49. The molecule has 0 aromatic heterocycles. The molecule has 0 amide bonds. The van der Waals surface area contributed by atoms with Gasteiger partial charge in [0.2, 0.25) is 0 Å². The van der Waals surface area contributed by atoms with Gasteiger partial charge in [0.1, 0.15) is 5.75 Å². The van der Waals surface area contributed by atoms with Crippen LogP contribution in [0.3, 0.4) is 0 Å². The summed E-state index contributed by atoms with van der Waals surface area (Å²) in [5.41, 5.74) is 0. The second kappa shape index (κ2) is 7.11. The largest absolute Gasteiger partial charge is 0.497 e. The maximum absolute atomic E-state index is 6.19.